The van der Waals surface area contributed by atoms with Crippen molar-refractivity contribution in [3.63, 3.8) is 0 Å². The van der Waals surface area contributed by atoms with Crippen LogP contribution in [0.15, 0.2) is 23.4 Å². The van der Waals surface area contributed by atoms with Gasteiger partial charge in [-0.1, -0.05) is 25.6 Å². The Bertz CT molecular complexity index is 514. The average molecular weight is 301 g/mol. The third-order valence-electron chi connectivity index (χ3n) is 1.57. The number of pyridine rings is 1. The maximum Gasteiger partial charge on any atom is 0.534 e. The molecule has 0 amide bonds. The second-order valence-electron chi connectivity index (χ2n) is 3.46. The third-order valence-corrected chi connectivity index (χ3v) is 3.53. The first kappa shape index (κ1) is 15.1. The first-order valence-corrected chi connectivity index (χ1v) is 7.04. The van der Waals surface area contributed by atoms with Crippen molar-refractivity contribution in [1.82, 2.24) is 4.98 Å². The lowest BCUT2D eigenvalue weighted by molar-refractivity contribution is -0.0501. The van der Waals surface area contributed by atoms with Gasteiger partial charge in [-0.05, 0) is 12.1 Å². The van der Waals surface area contributed by atoms with Crippen LogP contribution in [0.4, 0.5) is 13.2 Å². The molecular formula is C9H10F3NO3S2. The fourth-order valence-electron chi connectivity index (χ4n) is 0.917. The van der Waals surface area contributed by atoms with Gasteiger partial charge < -0.3 is 4.18 Å². The predicted molar refractivity (Wildman–Crippen MR) is 60.8 cm³/mol. The maximum atomic E-state index is 12.2. The van der Waals surface area contributed by atoms with Gasteiger partial charge in [0.15, 0.2) is 5.75 Å². The lowest BCUT2D eigenvalue weighted by Crippen LogP contribution is -2.28. The Labute approximate surface area is 107 Å². The topological polar surface area (TPSA) is 56.3 Å². The SMILES string of the molecule is CC(C)Sc1ncccc1OS(=O)(=O)C(F)(F)F. The van der Waals surface area contributed by atoms with E-state index >= 15 is 0 Å². The monoisotopic (exact) mass is 301 g/mol. The molecule has 0 saturated heterocycles. The Morgan fingerprint density at radius 1 is 1.39 bits per heavy atom. The van der Waals surface area contributed by atoms with E-state index in [4.69, 9.17) is 0 Å². The number of nitrogens with zero attached hydrogens (tertiary/aromatic N) is 1. The van der Waals surface area contributed by atoms with Crippen LogP contribution in [0.25, 0.3) is 0 Å². The molecule has 1 rings (SSSR count). The molecule has 0 saturated carbocycles. The molecule has 0 N–H and O–H groups in total. The highest BCUT2D eigenvalue weighted by Gasteiger charge is 2.48. The Balaban J connectivity index is 3.05. The summed E-state index contributed by atoms with van der Waals surface area (Å²) in [5.74, 6) is -0.423. The van der Waals surface area contributed by atoms with E-state index in [0.29, 0.717) is 0 Å². The summed E-state index contributed by atoms with van der Waals surface area (Å²) in [6, 6.07) is 2.42. The first-order valence-electron chi connectivity index (χ1n) is 4.76. The molecule has 0 atom stereocenters. The van der Waals surface area contributed by atoms with E-state index < -0.39 is 21.4 Å². The molecule has 1 aromatic rings. The van der Waals surface area contributed by atoms with Crippen molar-refractivity contribution in [2.75, 3.05) is 0 Å². The van der Waals surface area contributed by atoms with E-state index in [-0.39, 0.29) is 10.3 Å². The standard InChI is InChI=1S/C9H10F3NO3S2/c1-6(2)17-8-7(4-3-5-13-8)16-18(14,15)9(10,11)12/h3-6H,1-2H3. The maximum absolute atomic E-state index is 12.2. The van der Waals surface area contributed by atoms with Crippen molar-refractivity contribution < 1.29 is 25.8 Å². The van der Waals surface area contributed by atoms with E-state index in [0.717, 1.165) is 17.8 Å². The van der Waals surface area contributed by atoms with Gasteiger partial charge in [0.1, 0.15) is 5.03 Å². The van der Waals surface area contributed by atoms with Gasteiger partial charge in [0.25, 0.3) is 0 Å². The summed E-state index contributed by atoms with van der Waals surface area (Å²) >= 11 is 1.11. The van der Waals surface area contributed by atoms with Gasteiger partial charge in [-0.2, -0.15) is 21.6 Å². The third kappa shape index (κ3) is 3.77. The highest BCUT2D eigenvalue weighted by atomic mass is 32.2. The number of hydrogen-bond acceptors (Lipinski definition) is 5. The van der Waals surface area contributed by atoms with Gasteiger partial charge in [0, 0.05) is 11.4 Å². The van der Waals surface area contributed by atoms with Gasteiger partial charge in [-0.3, -0.25) is 0 Å². The van der Waals surface area contributed by atoms with Crippen LogP contribution in [0.5, 0.6) is 5.75 Å². The van der Waals surface area contributed by atoms with Gasteiger partial charge in [-0.15, -0.1) is 0 Å². The summed E-state index contributed by atoms with van der Waals surface area (Å²) in [6.07, 6.45) is 1.35. The molecule has 0 aliphatic carbocycles. The lowest BCUT2D eigenvalue weighted by Gasteiger charge is -2.12. The van der Waals surface area contributed by atoms with E-state index in [2.05, 4.69) is 9.17 Å². The summed E-state index contributed by atoms with van der Waals surface area (Å²) in [6.45, 7) is 3.59. The minimum atomic E-state index is -5.66. The first-order chi connectivity index (χ1) is 8.13. The minimum Gasteiger partial charge on any atom is -0.373 e. The molecule has 0 aliphatic heterocycles. The number of alkyl halides is 3. The summed E-state index contributed by atoms with van der Waals surface area (Å²) in [7, 11) is -5.66. The molecule has 1 heterocycles. The van der Waals surface area contributed by atoms with Crippen LogP contribution in [0.2, 0.25) is 0 Å². The fraction of sp³-hybridized carbons (Fsp3) is 0.444. The molecule has 0 radical (unpaired) electrons. The summed E-state index contributed by atoms with van der Waals surface area (Å²) in [5, 5.41) is 0.121. The molecule has 4 nitrogen and oxygen atoms in total. The predicted octanol–water partition coefficient (Wildman–Crippen LogP) is 2.81. The molecule has 102 valence electrons. The van der Waals surface area contributed by atoms with Gasteiger partial charge >= 0.3 is 15.6 Å². The number of aromatic nitrogens is 1. The Kier molecular flexibility index (Phi) is 4.49. The molecule has 0 fully saturated rings. The van der Waals surface area contributed by atoms with E-state index in [1.54, 1.807) is 13.8 Å². The zero-order chi connectivity index (χ0) is 14.0. The van der Waals surface area contributed by atoms with Crippen molar-refractivity contribution in [2.24, 2.45) is 0 Å². The molecule has 0 spiro atoms. The Hall–Kier alpha value is -0.960. The van der Waals surface area contributed by atoms with Crippen LogP contribution in [-0.2, 0) is 10.1 Å². The van der Waals surface area contributed by atoms with E-state index in [1.807, 2.05) is 0 Å². The quantitative estimate of drug-likeness (QED) is 0.486. The number of halogens is 3. The second kappa shape index (κ2) is 5.35. The number of thioether (sulfide) groups is 1. The van der Waals surface area contributed by atoms with Crippen LogP contribution in [0.3, 0.4) is 0 Å². The molecule has 0 aromatic carbocycles. The summed E-state index contributed by atoms with van der Waals surface area (Å²) in [5.41, 5.74) is -5.46. The van der Waals surface area contributed by atoms with Crippen LogP contribution in [-0.4, -0.2) is 24.2 Å². The van der Waals surface area contributed by atoms with E-state index in [1.165, 1.54) is 12.3 Å². The highest BCUT2D eigenvalue weighted by molar-refractivity contribution is 8.00. The molecule has 0 aliphatic rings. The highest BCUT2D eigenvalue weighted by Crippen LogP contribution is 2.33. The number of rotatable bonds is 4. The van der Waals surface area contributed by atoms with Gasteiger partial charge in [0.2, 0.25) is 0 Å². The smallest absolute Gasteiger partial charge is 0.373 e. The molecule has 18 heavy (non-hydrogen) atoms. The van der Waals surface area contributed by atoms with Crippen molar-refractivity contribution in [1.29, 1.82) is 0 Å². The second-order valence-corrected chi connectivity index (χ2v) is 6.56. The Morgan fingerprint density at radius 2 is 2.00 bits per heavy atom. The molecular weight excluding hydrogens is 291 g/mol. The fourth-order valence-corrected chi connectivity index (χ4v) is 2.23. The molecule has 0 unspecified atom stereocenters. The van der Waals surface area contributed by atoms with Gasteiger partial charge in [-0.25, -0.2) is 4.98 Å². The van der Waals surface area contributed by atoms with Crippen molar-refractivity contribution in [3.8, 4) is 5.75 Å². The van der Waals surface area contributed by atoms with Crippen molar-refractivity contribution in [3.05, 3.63) is 18.3 Å². The van der Waals surface area contributed by atoms with Crippen molar-refractivity contribution >= 4 is 21.9 Å². The number of hydrogen-bond donors (Lipinski definition) is 0. The molecule has 9 heteroatoms. The zero-order valence-electron chi connectivity index (χ0n) is 9.43. The molecule has 0 bridgehead atoms. The summed E-state index contributed by atoms with van der Waals surface area (Å²) in [4.78, 5) is 3.79. The van der Waals surface area contributed by atoms with Gasteiger partial charge in [0.05, 0.1) is 0 Å². The van der Waals surface area contributed by atoms with Crippen LogP contribution >= 0.6 is 11.8 Å². The minimum absolute atomic E-state index is 0.0239. The lowest BCUT2D eigenvalue weighted by atomic mass is 10.5. The zero-order valence-corrected chi connectivity index (χ0v) is 11.1. The average Bonchev–Trinajstić information content (AvgIpc) is 2.18. The van der Waals surface area contributed by atoms with Crippen molar-refractivity contribution in [2.45, 2.75) is 29.6 Å². The van der Waals surface area contributed by atoms with E-state index in [9.17, 15) is 21.6 Å². The summed E-state index contributed by atoms with van der Waals surface area (Å²) < 4.78 is 62.3. The van der Waals surface area contributed by atoms with Crippen LogP contribution in [0, 0.1) is 0 Å². The largest absolute Gasteiger partial charge is 0.534 e. The van der Waals surface area contributed by atoms with Crippen LogP contribution in [0.1, 0.15) is 13.8 Å². The Morgan fingerprint density at radius 3 is 2.50 bits per heavy atom. The van der Waals surface area contributed by atoms with Crippen LogP contribution < -0.4 is 4.18 Å². The normalized spacial score (nSPS) is 12.8. The molecule has 1 aromatic heterocycles.